The SMILES string of the molecule is CC(N)(CCCN1CCN(C2CC2)CC1)C(N)=O. The number of nitrogens with two attached hydrogens (primary N) is 2. The van der Waals surface area contributed by atoms with E-state index in [9.17, 15) is 4.79 Å². The zero-order valence-corrected chi connectivity index (χ0v) is 11.4. The van der Waals surface area contributed by atoms with Gasteiger partial charge in [0, 0.05) is 32.2 Å². The van der Waals surface area contributed by atoms with E-state index in [1.54, 1.807) is 6.92 Å². The van der Waals surface area contributed by atoms with Crippen LogP contribution in [0.5, 0.6) is 0 Å². The number of hydrogen-bond acceptors (Lipinski definition) is 4. The highest BCUT2D eigenvalue weighted by molar-refractivity contribution is 5.83. The maximum atomic E-state index is 11.1. The van der Waals surface area contributed by atoms with Gasteiger partial charge in [0.1, 0.15) is 0 Å². The summed E-state index contributed by atoms with van der Waals surface area (Å²) in [6, 6.07) is 0.884. The fraction of sp³-hybridized carbons (Fsp3) is 0.923. The van der Waals surface area contributed by atoms with Crippen LogP contribution in [-0.2, 0) is 4.79 Å². The summed E-state index contributed by atoms with van der Waals surface area (Å²) in [5.41, 5.74) is 10.3. The molecule has 0 radical (unpaired) electrons. The van der Waals surface area contributed by atoms with Crippen LogP contribution in [0.1, 0.15) is 32.6 Å². The van der Waals surface area contributed by atoms with Gasteiger partial charge in [-0.15, -0.1) is 0 Å². The van der Waals surface area contributed by atoms with Gasteiger partial charge < -0.3 is 16.4 Å². The lowest BCUT2D eigenvalue weighted by molar-refractivity contribution is -0.122. The largest absolute Gasteiger partial charge is 0.368 e. The number of carbonyl (C=O) groups is 1. The summed E-state index contributed by atoms with van der Waals surface area (Å²) in [4.78, 5) is 16.2. The number of piperazine rings is 1. The average Bonchev–Trinajstić information content (AvgIpc) is 3.13. The highest BCUT2D eigenvalue weighted by Gasteiger charge is 2.31. The third kappa shape index (κ3) is 3.67. The molecule has 1 amide bonds. The summed E-state index contributed by atoms with van der Waals surface area (Å²) in [6.45, 7) is 7.43. The normalized spacial score (nSPS) is 25.9. The van der Waals surface area contributed by atoms with Crippen LogP contribution in [0.3, 0.4) is 0 Å². The molecule has 18 heavy (non-hydrogen) atoms. The van der Waals surface area contributed by atoms with Gasteiger partial charge in [0.25, 0.3) is 0 Å². The molecule has 0 aromatic rings. The van der Waals surface area contributed by atoms with E-state index in [0.717, 1.165) is 32.1 Å². The highest BCUT2D eigenvalue weighted by Crippen LogP contribution is 2.27. The molecular formula is C13H26N4O. The quantitative estimate of drug-likeness (QED) is 0.685. The van der Waals surface area contributed by atoms with Crippen LogP contribution in [0.15, 0.2) is 0 Å². The van der Waals surface area contributed by atoms with Crippen molar-refractivity contribution in [3.63, 3.8) is 0 Å². The van der Waals surface area contributed by atoms with E-state index in [1.165, 1.54) is 25.9 Å². The standard InChI is InChI=1S/C13H26N4O/c1-13(15,12(14)18)5-2-6-16-7-9-17(10-8-16)11-3-4-11/h11H,2-10,15H2,1H3,(H2,14,18). The molecular weight excluding hydrogens is 228 g/mol. The van der Waals surface area contributed by atoms with Crippen LogP contribution in [0, 0.1) is 0 Å². The molecule has 4 N–H and O–H groups in total. The average molecular weight is 254 g/mol. The summed E-state index contributed by atoms with van der Waals surface area (Å²) in [5, 5.41) is 0. The van der Waals surface area contributed by atoms with Gasteiger partial charge in [-0.3, -0.25) is 9.69 Å². The van der Waals surface area contributed by atoms with Crippen molar-refractivity contribution in [3.05, 3.63) is 0 Å². The van der Waals surface area contributed by atoms with Crippen molar-refractivity contribution in [2.75, 3.05) is 32.7 Å². The third-order valence-corrected chi connectivity index (χ3v) is 4.20. The van der Waals surface area contributed by atoms with Crippen molar-refractivity contribution in [3.8, 4) is 0 Å². The Morgan fingerprint density at radius 1 is 1.28 bits per heavy atom. The molecule has 1 aliphatic heterocycles. The second kappa shape index (κ2) is 5.55. The second-order valence-corrected chi connectivity index (χ2v) is 5.99. The van der Waals surface area contributed by atoms with Crippen molar-refractivity contribution in [1.82, 2.24) is 9.80 Å². The molecule has 0 spiro atoms. The predicted octanol–water partition coefficient (Wildman–Crippen LogP) is -0.251. The van der Waals surface area contributed by atoms with Crippen LogP contribution in [-0.4, -0.2) is 60.0 Å². The fourth-order valence-corrected chi connectivity index (χ4v) is 2.58. The van der Waals surface area contributed by atoms with E-state index >= 15 is 0 Å². The number of nitrogens with zero attached hydrogens (tertiary/aromatic N) is 2. The Hall–Kier alpha value is -0.650. The van der Waals surface area contributed by atoms with Gasteiger partial charge in [-0.25, -0.2) is 0 Å². The molecule has 2 aliphatic rings. The van der Waals surface area contributed by atoms with Gasteiger partial charge in [0.2, 0.25) is 5.91 Å². The maximum absolute atomic E-state index is 11.1. The van der Waals surface area contributed by atoms with Gasteiger partial charge in [0.05, 0.1) is 5.54 Å². The number of primary amides is 1. The molecule has 5 nitrogen and oxygen atoms in total. The Morgan fingerprint density at radius 3 is 2.39 bits per heavy atom. The minimum absolute atomic E-state index is 0.402. The second-order valence-electron chi connectivity index (χ2n) is 5.99. The van der Waals surface area contributed by atoms with Crippen LogP contribution >= 0.6 is 0 Å². The molecule has 1 atom stereocenters. The minimum Gasteiger partial charge on any atom is -0.368 e. The molecule has 1 saturated heterocycles. The lowest BCUT2D eigenvalue weighted by atomic mass is 9.96. The van der Waals surface area contributed by atoms with E-state index < -0.39 is 11.4 Å². The van der Waals surface area contributed by atoms with Gasteiger partial charge in [0.15, 0.2) is 0 Å². The first-order valence-electron chi connectivity index (χ1n) is 7.04. The van der Waals surface area contributed by atoms with E-state index in [4.69, 9.17) is 11.5 Å². The van der Waals surface area contributed by atoms with Gasteiger partial charge in [-0.1, -0.05) is 0 Å². The first-order chi connectivity index (χ1) is 8.49. The van der Waals surface area contributed by atoms with E-state index in [1.807, 2.05) is 0 Å². The van der Waals surface area contributed by atoms with Crippen LogP contribution in [0.2, 0.25) is 0 Å². The Balaban J connectivity index is 1.61. The Bertz CT molecular complexity index is 293. The molecule has 2 rings (SSSR count). The maximum Gasteiger partial charge on any atom is 0.237 e. The molecule has 1 heterocycles. The van der Waals surface area contributed by atoms with Crippen LogP contribution < -0.4 is 11.5 Å². The number of carbonyl (C=O) groups excluding carboxylic acids is 1. The summed E-state index contributed by atoms with van der Waals surface area (Å²) in [6.07, 6.45) is 4.40. The molecule has 104 valence electrons. The van der Waals surface area contributed by atoms with Crippen molar-refractivity contribution in [1.29, 1.82) is 0 Å². The summed E-state index contributed by atoms with van der Waals surface area (Å²) >= 11 is 0. The zero-order valence-electron chi connectivity index (χ0n) is 11.4. The molecule has 0 bridgehead atoms. The van der Waals surface area contributed by atoms with Gasteiger partial charge >= 0.3 is 0 Å². The summed E-state index contributed by atoms with van der Waals surface area (Å²) < 4.78 is 0. The van der Waals surface area contributed by atoms with E-state index in [0.29, 0.717) is 6.42 Å². The van der Waals surface area contributed by atoms with E-state index in [-0.39, 0.29) is 0 Å². The first kappa shape index (κ1) is 13.8. The molecule has 0 aromatic heterocycles. The molecule has 0 aromatic carbocycles. The van der Waals surface area contributed by atoms with Crippen molar-refractivity contribution in [2.45, 2.75) is 44.2 Å². The van der Waals surface area contributed by atoms with Crippen molar-refractivity contribution >= 4 is 5.91 Å². The Labute approximate surface area is 109 Å². The highest BCUT2D eigenvalue weighted by atomic mass is 16.1. The molecule has 1 unspecified atom stereocenters. The molecule has 5 heteroatoms. The van der Waals surface area contributed by atoms with Crippen molar-refractivity contribution < 1.29 is 4.79 Å². The third-order valence-electron chi connectivity index (χ3n) is 4.20. The van der Waals surface area contributed by atoms with Gasteiger partial charge in [-0.2, -0.15) is 0 Å². The number of rotatable bonds is 6. The van der Waals surface area contributed by atoms with Crippen LogP contribution in [0.4, 0.5) is 0 Å². The molecule has 2 fully saturated rings. The molecule has 1 aliphatic carbocycles. The Kier molecular flexibility index (Phi) is 4.25. The van der Waals surface area contributed by atoms with Crippen LogP contribution in [0.25, 0.3) is 0 Å². The zero-order chi connectivity index (χ0) is 13.2. The van der Waals surface area contributed by atoms with Gasteiger partial charge in [-0.05, 0) is 39.2 Å². The predicted molar refractivity (Wildman–Crippen MR) is 72.1 cm³/mol. The minimum atomic E-state index is -0.851. The topological polar surface area (TPSA) is 75.6 Å². The lowest BCUT2D eigenvalue weighted by Gasteiger charge is -2.35. The first-order valence-corrected chi connectivity index (χ1v) is 7.04. The summed E-state index contributed by atoms with van der Waals surface area (Å²) in [5.74, 6) is -0.402. The monoisotopic (exact) mass is 254 g/mol. The number of hydrogen-bond donors (Lipinski definition) is 2. The fourth-order valence-electron chi connectivity index (χ4n) is 2.58. The smallest absolute Gasteiger partial charge is 0.237 e. The van der Waals surface area contributed by atoms with Crippen molar-refractivity contribution in [2.24, 2.45) is 11.5 Å². The Morgan fingerprint density at radius 2 is 1.89 bits per heavy atom. The summed E-state index contributed by atoms with van der Waals surface area (Å²) in [7, 11) is 0. The van der Waals surface area contributed by atoms with E-state index in [2.05, 4.69) is 9.80 Å². The number of amides is 1. The lowest BCUT2D eigenvalue weighted by Crippen LogP contribution is -2.50. The molecule has 1 saturated carbocycles.